The van der Waals surface area contributed by atoms with Crippen LogP contribution in [0.15, 0.2) is 29.2 Å². The van der Waals surface area contributed by atoms with Gasteiger partial charge in [-0.05, 0) is 31.0 Å². The number of hydrogen-bond donors (Lipinski definition) is 2. The molecule has 8 heteroatoms. The molecule has 1 saturated carbocycles. The van der Waals surface area contributed by atoms with E-state index in [1.165, 1.54) is 16.4 Å². The summed E-state index contributed by atoms with van der Waals surface area (Å²) in [4.78, 5) is 12.6. The second-order valence-corrected chi connectivity index (χ2v) is 8.30. The summed E-state index contributed by atoms with van der Waals surface area (Å²) in [5.74, 6) is -0.249. The van der Waals surface area contributed by atoms with Crippen LogP contribution in [0.25, 0.3) is 0 Å². The van der Waals surface area contributed by atoms with Crippen LogP contribution in [0.2, 0.25) is 0 Å². The summed E-state index contributed by atoms with van der Waals surface area (Å²) in [5.41, 5.74) is 5.74. The molecular weight excluding hydrogens is 330 g/mol. The van der Waals surface area contributed by atoms with E-state index >= 15 is 0 Å². The average Bonchev–Trinajstić information content (AvgIpc) is 3.04. The SMILES string of the molecule is NC1(C(=O)Nc2cccc(S(=O)(=O)N3CCOCC3)c2)CCCC1. The van der Waals surface area contributed by atoms with Crippen molar-refractivity contribution in [1.82, 2.24) is 4.31 Å². The topological polar surface area (TPSA) is 102 Å². The van der Waals surface area contributed by atoms with Gasteiger partial charge in [-0.15, -0.1) is 0 Å². The third-order valence-corrected chi connectivity index (χ3v) is 6.54. The molecule has 3 rings (SSSR count). The van der Waals surface area contributed by atoms with Gasteiger partial charge < -0.3 is 15.8 Å². The Labute approximate surface area is 142 Å². The second-order valence-electron chi connectivity index (χ2n) is 6.36. The number of sulfonamides is 1. The molecule has 0 spiro atoms. The molecule has 1 aromatic carbocycles. The number of hydrogen-bond acceptors (Lipinski definition) is 5. The van der Waals surface area contributed by atoms with Gasteiger partial charge in [-0.2, -0.15) is 4.31 Å². The molecule has 7 nitrogen and oxygen atoms in total. The van der Waals surface area contributed by atoms with Crippen molar-refractivity contribution in [2.75, 3.05) is 31.6 Å². The number of morpholine rings is 1. The quantitative estimate of drug-likeness (QED) is 0.838. The molecule has 24 heavy (non-hydrogen) atoms. The number of carbonyl (C=O) groups excluding carboxylic acids is 1. The maximum absolute atomic E-state index is 12.7. The average molecular weight is 353 g/mol. The normalized spacial score (nSPS) is 21.5. The summed E-state index contributed by atoms with van der Waals surface area (Å²) in [6.07, 6.45) is 3.19. The Hall–Kier alpha value is -1.48. The number of anilines is 1. The summed E-state index contributed by atoms with van der Waals surface area (Å²) in [5, 5.41) is 2.77. The molecule has 1 aliphatic carbocycles. The fourth-order valence-corrected chi connectivity index (χ4v) is 4.61. The molecule has 0 atom stereocenters. The number of carbonyl (C=O) groups is 1. The number of nitrogens with one attached hydrogen (secondary N) is 1. The van der Waals surface area contributed by atoms with Crippen LogP contribution < -0.4 is 11.1 Å². The molecule has 1 aromatic rings. The lowest BCUT2D eigenvalue weighted by Crippen LogP contribution is -2.48. The van der Waals surface area contributed by atoms with Crippen molar-refractivity contribution in [3.05, 3.63) is 24.3 Å². The smallest absolute Gasteiger partial charge is 0.244 e. The fraction of sp³-hybridized carbons (Fsp3) is 0.562. The van der Waals surface area contributed by atoms with E-state index in [9.17, 15) is 13.2 Å². The standard InChI is InChI=1S/C16H23N3O4S/c17-16(6-1-2-7-16)15(20)18-13-4-3-5-14(12-13)24(21,22)19-8-10-23-11-9-19/h3-5,12H,1-2,6-11,17H2,(H,18,20). The van der Waals surface area contributed by atoms with Gasteiger partial charge in [0.15, 0.2) is 0 Å². The maximum Gasteiger partial charge on any atom is 0.244 e. The Kier molecular flexibility index (Phi) is 4.91. The van der Waals surface area contributed by atoms with Crippen molar-refractivity contribution in [1.29, 1.82) is 0 Å². The van der Waals surface area contributed by atoms with Crippen molar-refractivity contribution in [2.45, 2.75) is 36.1 Å². The van der Waals surface area contributed by atoms with Crippen molar-refractivity contribution in [2.24, 2.45) is 5.73 Å². The molecule has 1 amide bonds. The highest BCUT2D eigenvalue weighted by Gasteiger charge is 2.37. The third-order valence-electron chi connectivity index (χ3n) is 4.65. The van der Waals surface area contributed by atoms with Crippen molar-refractivity contribution in [3.8, 4) is 0 Å². The number of rotatable bonds is 4. The molecule has 1 aliphatic heterocycles. The Morgan fingerprint density at radius 2 is 1.88 bits per heavy atom. The molecule has 1 heterocycles. The first-order valence-corrected chi connectivity index (χ1v) is 9.64. The van der Waals surface area contributed by atoms with Gasteiger partial charge >= 0.3 is 0 Å². The van der Waals surface area contributed by atoms with E-state index in [2.05, 4.69) is 5.32 Å². The first-order chi connectivity index (χ1) is 11.4. The van der Waals surface area contributed by atoms with Crippen LogP contribution in [-0.4, -0.2) is 50.5 Å². The summed E-state index contributed by atoms with van der Waals surface area (Å²) < 4.78 is 32.0. The number of nitrogens with zero attached hydrogens (tertiary/aromatic N) is 1. The van der Waals surface area contributed by atoms with E-state index < -0.39 is 15.6 Å². The van der Waals surface area contributed by atoms with Gasteiger partial charge in [0, 0.05) is 18.8 Å². The van der Waals surface area contributed by atoms with Crippen LogP contribution in [0.3, 0.4) is 0 Å². The van der Waals surface area contributed by atoms with Crippen molar-refractivity contribution in [3.63, 3.8) is 0 Å². The minimum atomic E-state index is -3.58. The van der Waals surface area contributed by atoms with E-state index in [4.69, 9.17) is 10.5 Å². The lowest BCUT2D eigenvalue weighted by Gasteiger charge is -2.26. The monoisotopic (exact) mass is 353 g/mol. The molecule has 0 aromatic heterocycles. The van der Waals surface area contributed by atoms with Crippen molar-refractivity contribution >= 4 is 21.6 Å². The first-order valence-electron chi connectivity index (χ1n) is 8.20. The van der Waals surface area contributed by atoms with Crippen LogP contribution >= 0.6 is 0 Å². The third kappa shape index (κ3) is 3.46. The largest absolute Gasteiger partial charge is 0.379 e. The van der Waals surface area contributed by atoms with Gasteiger partial charge in [0.25, 0.3) is 0 Å². The fourth-order valence-electron chi connectivity index (χ4n) is 3.16. The Morgan fingerprint density at radius 1 is 1.21 bits per heavy atom. The Balaban J connectivity index is 1.77. The van der Waals surface area contributed by atoms with Gasteiger partial charge in [-0.25, -0.2) is 8.42 Å². The highest BCUT2D eigenvalue weighted by molar-refractivity contribution is 7.89. The number of benzene rings is 1. The second kappa shape index (κ2) is 6.79. The molecule has 132 valence electrons. The van der Waals surface area contributed by atoms with Crippen molar-refractivity contribution < 1.29 is 17.9 Å². The number of amides is 1. The zero-order chi connectivity index (χ0) is 17.2. The minimum Gasteiger partial charge on any atom is -0.379 e. The lowest BCUT2D eigenvalue weighted by molar-refractivity contribution is -0.121. The highest BCUT2D eigenvalue weighted by Crippen LogP contribution is 2.29. The van der Waals surface area contributed by atoms with E-state index in [1.807, 2.05) is 0 Å². The van der Waals surface area contributed by atoms with E-state index in [0.29, 0.717) is 44.8 Å². The summed E-state index contributed by atoms with van der Waals surface area (Å²) >= 11 is 0. The summed E-state index contributed by atoms with van der Waals surface area (Å²) in [6.45, 7) is 1.46. The van der Waals surface area contributed by atoms with Gasteiger partial charge in [0.05, 0.1) is 23.6 Å². The number of ether oxygens (including phenoxy) is 1. The van der Waals surface area contributed by atoms with Crippen LogP contribution in [0, 0.1) is 0 Å². The van der Waals surface area contributed by atoms with Crippen LogP contribution in [0.4, 0.5) is 5.69 Å². The molecule has 0 unspecified atom stereocenters. The van der Waals surface area contributed by atoms with Gasteiger partial charge in [0.2, 0.25) is 15.9 Å². The Bertz CT molecular complexity index is 708. The predicted molar refractivity (Wildman–Crippen MR) is 90.0 cm³/mol. The molecule has 2 aliphatic rings. The summed E-state index contributed by atoms with van der Waals surface area (Å²) in [7, 11) is -3.58. The number of nitrogens with two attached hydrogens (primary N) is 1. The molecule has 3 N–H and O–H groups in total. The Morgan fingerprint density at radius 3 is 2.54 bits per heavy atom. The zero-order valence-corrected chi connectivity index (χ0v) is 14.3. The molecule has 0 radical (unpaired) electrons. The van der Waals surface area contributed by atoms with Gasteiger partial charge in [0.1, 0.15) is 0 Å². The predicted octanol–water partition coefficient (Wildman–Crippen LogP) is 0.917. The highest BCUT2D eigenvalue weighted by atomic mass is 32.2. The summed E-state index contributed by atoms with van der Waals surface area (Å²) in [6, 6.07) is 6.32. The molecule has 0 bridgehead atoms. The van der Waals surface area contributed by atoms with Crippen LogP contribution in [-0.2, 0) is 19.6 Å². The van der Waals surface area contributed by atoms with Crippen LogP contribution in [0.1, 0.15) is 25.7 Å². The van der Waals surface area contributed by atoms with E-state index in [1.54, 1.807) is 12.1 Å². The lowest BCUT2D eigenvalue weighted by atomic mass is 9.98. The van der Waals surface area contributed by atoms with E-state index in [-0.39, 0.29) is 10.8 Å². The molecule has 1 saturated heterocycles. The maximum atomic E-state index is 12.7. The van der Waals surface area contributed by atoms with Gasteiger partial charge in [-0.1, -0.05) is 18.9 Å². The molecule has 2 fully saturated rings. The first kappa shape index (κ1) is 17.3. The van der Waals surface area contributed by atoms with Gasteiger partial charge in [-0.3, -0.25) is 4.79 Å². The van der Waals surface area contributed by atoms with Crippen LogP contribution in [0.5, 0.6) is 0 Å². The minimum absolute atomic E-state index is 0.166. The van der Waals surface area contributed by atoms with E-state index in [0.717, 1.165) is 12.8 Å². The zero-order valence-electron chi connectivity index (χ0n) is 13.5. The molecular formula is C16H23N3O4S.